The molecule has 2 aromatic rings. The number of anilines is 1. The van der Waals surface area contributed by atoms with Crippen molar-refractivity contribution >= 4 is 11.6 Å². The number of methoxy groups -OCH3 is 1. The van der Waals surface area contributed by atoms with Crippen LogP contribution in [0, 0.1) is 0 Å². The Balaban J connectivity index is 1.74. The third kappa shape index (κ3) is 6.29. The Morgan fingerprint density at radius 1 is 1.04 bits per heavy atom. The van der Waals surface area contributed by atoms with Crippen LogP contribution in [-0.2, 0) is 4.79 Å². The van der Waals surface area contributed by atoms with Gasteiger partial charge in [0, 0.05) is 6.54 Å². The molecule has 0 spiro atoms. The van der Waals surface area contributed by atoms with Crippen LogP contribution in [0.3, 0.4) is 0 Å². The number of benzene rings is 2. The van der Waals surface area contributed by atoms with E-state index in [4.69, 9.17) is 14.2 Å². The molecule has 0 aliphatic heterocycles. The lowest BCUT2D eigenvalue weighted by Gasteiger charge is -2.17. The summed E-state index contributed by atoms with van der Waals surface area (Å²) in [5.41, 5.74) is 0.683. The Bertz CT molecular complexity index is 688. The average Bonchev–Trinajstić information content (AvgIpc) is 2.64. The molecule has 0 saturated carbocycles. The van der Waals surface area contributed by atoms with E-state index >= 15 is 0 Å². The quantitative estimate of drug-likeness (QED) is 0.707. The van der Waals surface area contributed by atoms with Gasteiger partial charge in [0.2, 0.25) is 5.91 Å². The topological polar surface area (TPSA) is 60.0 Å². The SMILES string of the molecule is CCOc1ccccc1NC(=O)CN(C)CCOc1ccc(OC)cc1. The van der Waals surface area contributed by atoms with Crippen molar-refractivity contribution in [3.8, 4) is 17.2 Å². The molecule has 6 heteroatoms. The maximum atomic E-state index is 12.2. The van der Waals surface area contributed by atoms with Crippen LogP contribution in [0.4, 0.5) is 5.69 Å². The summed E-state index contributed by atoms with van der Waals surface area (Å²) in [6.07, 6.45) is 0. The molecule has 140 valence electrons. The van der Waals surface area contributed by atoms with E-state index in [0.717, 1.165) is 11.5 Å². The van der Waals surface area contributed by atoms with Crippen molar-refractivity contribution < 1.29 is 19.0 Å². The van der Waals surface area contributed by atoms with Gasteiger partial charge in [0.25, 0.3) is 0 Å². The van der Waals surface area contributed by atoms with Gasteiger partial charge in [0.1, 0.15) is 23.9 Å². The molecule has 6 nitrogen and oxygen atoms in total. The number of hydrogen-bond donors (Lipinski definition) is 1. The number of carbonyl (C=O) groups excluding carboxylic acids is 1. The zero-order chi connectivity index (χ0) is 18.8. The highest BCUT2D eigenvalue weighted by Crippen LogP contribution is 2.23. The normalized spacial score (nSPS) is 10.5. The number of likely N-dealkylation sites (N-methyl/N-ethyl adjacent to an activating group) is 1. The smallest absolute Gasteiger partial charge is 0.238 e. The average molecular weight is 358 g/mol. The summed E-state index contributed by atoms with van der Waals surface area (Å²) in [6.45, 7) is 3.86. The lowest BCUT2D eigenvalue weighted by atomic mass is 10.3. The fourth-order valence-electron chi connectivity index (χ4n) is 2.36. The van der Waals surface area contributed by atoms with Crippen LogP contribution in [0.5, 0.6) is 17.2 Å². The molecule has 1 amide bonds. The molecule has 0 heterocycles. The largest absolute Gasteiger partial charge is 0.497 e. The summed E-state index contributed by atoms with van der Waals surface area (Å²) in [5.74, 6) is 2.14. The molecule has 26 heavy (non-hydrogen) atoms. The number of para-hydroxylation sites is 2. The first kappa shape index (κ1) is 19.6. The lowest BCUT2D eigenvalue weighted by Crippen LogP contribution is -2.33. The Morgan fingerprint density at radius 3 is 2.42 bits per heavy atom. The van der Waals surface area contributed by atoms with Crippen molar-refractivity contribution in [3.63, 3.8) is 0 Å². The highest BCUT2D eigenvalue weighted by atomic mass is 16.5. The number of rotatable bonds is 10. The molecule has 0 atom stereocenters. The molecule has 2 rings (SSSR count). The number of nitrogens with zero attached hydrogens (tertiary/aromatic N) is 1. The van der Waals surface area contributed by atoms with Gasteiger partial charge in [0.05, 0.1) is 25.9 Å². The van der Waals surface area contributed by atoms with Crippen LogP contribution < -0.4 is 19.5 Å². The summed E-state index contributed by atoms with van der Waals surface area (Å²) in [4.78, 5) is 14.1. The van der Waals surface area contributed by atoms with Gasteiger partial charge in [-0.3, -0.25) is 9.69 Å². The number of amides is 1. The maximum Gasteiger partial charge on any atom is 0.238 e. The number of nitrogens with one attached hydrogen (secondary N) is 1. The van der Waals surface area contributed by atoms with E-state index in [9.17, 15) is 4.79 Å². The molecule has 0 aliphatic carbocycles. The number of hydrogen-bond acceptors (Lipinski definition) is 5. The minimum Gasteiger partial charge on any atom is -0.497 e. The minimum atomic E-state index is -0.0934. The molecule has 0 saturated heterocycles. The van der Waals surface area contributed by atoms with Gasteiger partial charge in [-0.2, -0.15) is 0 Å². The maximum absolute atomic E-state index is 12.2. The fourth-order valence-corrected chi connectivity index (χ4v) is 2.36. The van der Waals surface area contributed by atoms with Gasteiger partial charge in [-0.1, -0.05) is 12.1 Å². The van der Waals surface area contributed by atoms with E-state index in [2.05, 4.69) is 5.32 Å². The second-order valence-electron chi connectivity index (χ2n) is 5.74. The van der Waals surface area contributed by atoms with Gasteiger partial charge < -0.3 is 19.5 Å². The summed E-state index contributed by atoms with van der Waals surface area (Å²) < 4.78 is 16.3. The molecule has 0 aromatic heterocycles. The number of carbonyl (C=O) groups is 1. The summed E-state index contributed by atoms with van der Waals surface area (Å²) >= 11 is 0. The molecule has 1 N–H and O–H groups in total. The summed E-state index contributed by atoms with van der Waals surface area (Å²) in [5, 5.41) is 2.89. The molecule has 0 aliphatic rings. The van der Waals surface area contributed by atoms with Gasteiger partial charge in [-0.15, -0.1) is 0 Å². The predicted molar refractivity (Wildman–Crippen MR) is 102 cm³/mol. The molecule has 0 fully saturated rings. The zero-order valence-corrected chi connectivity index (χ0v) is 15.5. The van der Waals surface area contributed by atoms with Crippen molar-refractivity contribution in [2.75, 3.05) is 45.8 Å². The van der Waals surface area contributed by atoms with Gasteiger partial charge in [-0.05, 0) is 50.4 Å². The molecular weight excluding hydrogens is 332 g/mol. The van der Waals surface area contributed by atoms with E-state index in [0.29, 0.717) is 31.2 Å². The van der Waals surface area contributed by atoms with Crippen molar-refractivity contribution in [2.45, 2.75) is 6.92 Å². The second-order valence-corrected chi connectivity index (χ2v) is 5.74. The Labute approximate surface area is 154 Å². The first-order valence-electron chi connectivity index (χ1n) is 8.59. The van der Waals surface area contributed by atoms with Crippen molar-refractivity contribution in [3.05, 3.63) is 48.5 Å². The third-order valence-electron chi connectivity index (χ3n) is 3.68. The molecule has 0 unspecified atom stereocenters. The zero-order valence-electron chi connectivity index (χ0n) is 15.5. The van der Waals surface area contributed by atoms with Gasteiger partial charge >= 0.3 is 0 Å². The van der Waals surface area contributed by atoms with Crippen LogP contribution in [0.25, 0.3) is 0 Å². The fraction of sp³-hybridized carbons (Fsp3) is 0.350. The summed E-state index contributed by atoms with van der Waals surface area (Å²) in [6, 6.07) is 14.8. The predicted octanol–water partition coefficient (Wildman–Crippen LogP) is 3.04. The van der Waals surface area contributed by atoms with Crippen molar-refractivity contribution in [1.29, 1.82) is 0 Å². The van der Waals surface area contributed by atoms with Gasteiger partial charge in [0.15, 0.2) is 0 Å². The van der Waals surface area contributed by atoms with Crippen LogP contribution in [0.1, 0.15) is 6.92 Å². The van der Waals surface area contributed by atoms with E-state index in [1.54, 1.807) is 7.11 Å². The Hall–Kier alpha value is -2.73. The second kappa shape index (κ2) is 10.3. The molecule has 0 bridgehead atoms. The van der Waals surface area contributed by atoms with E-state index in [-0.39, 0.29) is 12.5 Å². The van der Waals surface area contributed by atoms with Crippen molar-refractivity contribution in [2.24, 2.45) is 0 Å². The third-order valence-corrected chi connectivity index (χ3v) is 3.68. The first-order valence-corrected chi connectivity index (χ1v) is 8.59. The number of ether oxygens (including phenoxy) is 3. The molecular formula is C20H26N2O4. The Morgan fingerprint density at radius 2 is 1.73 bits per heavy atom. The minimum absolute atomic E-state index is 0.0934. The van der Waals surface area contributed by atoms with Crippen LogP contribution in [0.15, 0.2) is 48.5 Å². The summed E-state index contributed by atoms with van der Waals surface area (Å²) in [7, 11) is 3.51. The molecule has 0 radical (unpaired) electrons. The van der Waals surface area contributed by atoms with Crippen LogP contribution >= 0.6 is 0 Å². The monoisotopic (exact) mass is 358 g/mol. The highest BCUT2D eigenvalue weighted by molar-refractivity contribution is 5.93. The highest BCUT2D eigenvalue weighted by Gasteiger charge is 2.10. The first-order chi connectivity index (χ1) is 12.6. The molecule has 2 aromatic carbocycles. The van der Waals surface area contributed by atoms with E-state index in [1.807, 2.05) is 67.4 Å². The standard InChI is InChI=1S/C20H26N2O4/c1-4-25-19-8-6-5-7-18(19)21-20(23)15-22(2)13-14-26-17-11-9-16(24-3)10-12-17/h5-12H,4,13-15H2,1-3H3,(H,21,23). The lowest BCUT2D eigenvalue weighted by molar-refractivity contribution is -0.117. The van der Waals surface area contributed by atoms with Crippen molar-refractivity contribution in [1.82, 2.24) is 4.90 Å². The Kier molecular flexibility index (Phi) is 7.76. The van der Waals surface area contributed by atoms with Crippen LogP contribution in [-0.4, -0.2) is 51.3 Å². The van der Waals surface area contributed by atoms with Crippen LogP contribution in [0.2, 0.25) is 0 Å². The van der Waals surface area contributed by atoms with E-state index < -0.39 is 0 Å². The van der Waals surface area contributed by atoms with E-state index in [1.165, 1.54) is 0 Å². The van der Waals surface area contributed by atoms with Gasteiger partial charge in [-0.25, -0.2) is 0 Å².